The molecule has 2 amide bonds. The molecule has 1 aliphatic heterocycles. The summed E-state index contributed by atoms with van der Waals surface area (Å²) >= 11 is 0. The van der Waals surface area contributed by atoms with Crippen molar-refractivity contribution in [3.63, 3.8) is 0 Å². The summed E-state index contributed by atoms with van der Waals surface area (Å²) < 4.78 is 24.5. The molecule has 0 N–H and O–H groups in total. The second-order valence-electron chi connectivity index (χ2n) is 4.97. The van der Waals surface area contributed by atoms with Crippen LogP contribution in [0.2, 0.25) is 0 Å². The molecule has 0 aromatic rings. The van der Waals surface area contributed by atoms with E-state index in [0.29, 0.717) is 32.7 Å². The standard InChI is InChI=1S/C12H23N3O4S/c1-3-4-5-15(20(2,18)19)10-12(17)14-8-6-13(11-16)7-9-14/h11H,3-10H2,1-2H3. The minimum absolute atomic E-state index is 0.111. The molecule has 0 aromatic heterocycles. The second-order valence-corrected chi connectivity index (χ2v) is 6.95. The molecular weight excluding hydrogens is 282 g/mol. The largest absolute Gasteiger partial charge is 0.342 e. The lowest BCUT2D eigenvalue weighted by atomic mass is 10.3. The number of carbonyl (C=O) groups excluding carboxylic acids is 2. The Morgan fingerprint density at radius 2 is 1.85 bits per heavy atom. The maximum absolute atomic E-state index is 12.1. The molecule has 1 saturated heterocycles. The van der Waals surface area contributed by atoms with E-state index in [9.17, 15) is 18.0 Å². The average molecular weight is 305 g/mol. The van der Waals surface area contributed by atoms with Crippen molar-refractivity contribution >= 4 is 22.3 Å². The van der Waals surface area contributed by atoms with Crippen LogP contribution in [0.4, 0.5) is 0 Å². The molecule has 8 heteroatoms. The Hall–Kier alpha value is -1.15. The Morgan fingerprint density at radius 3 is 2.30 bits per heavy atom. The lowest BCUT2D eigenvalue weighted by molar-refractivity contribution is -0.135. The van der Waals surface area contributed by atoms with E-state index in [1.165, 1.54) is 4.31 Å². The third kappa shape index (κ3) is 5.09. The van der Waals surface area contributed by atoms with Crippen molar-refractivity contribution in [2.45, 2.75) is 19.8 Å². The van der Waals surface area contributed by atoms with Gasteiger partial charge in [-0.05, 0) is 6.42 Å². The van der Waals surface area contributed by atoms with Gasteiger partial charge in [0.2, 0.25) is 22.3 Å². The van der Waals surface area contributed by atoms with Crippen LogP contribution in [0.3, 0.4) is 0 Å². The summed E-state index contributed by atoms with van der Waals surface area (Å²) in [6, 6.07) is 0. The number of amides is 2. The molecule has 0 unspecified atom stereocenters. The van der Waals surface area contributed by atoms with Gasteiger partial charge in [-0.25, -0.2) is 8.42 Å². The van der Waals surface area contributed by atoms with Crippen molar-refractivity contribution in [3.05, 3.63) is 0 Å². The predicted octanol–water partition coefficient (Wildman–Crippen LogP) is -0.651. The van der Waals surface area contributed by atoms with E-state index in [2.05, 4.69) is 0 Å². The Balaban J connectivity index is 2.56. The summed E-state index contributed by atoms with van der Waals surface area (Å²) in [7, 11) is -3.37. The van der Waals surface area contributed by atoms with Gasteiger partial charge in [0.15, 0.2) is 0 Å². The first-order chi connectivity index (χ1) is 9.38. The van der Waals surface area contributed by atoms with Gasteiger partial charge in [0, 0.05) is 32.7 Å². The molecule has 0 saturated carbocycles. The van der Waals surface area contributed by atoms with Crippen LogP contribution in [-0.2, 0) is 19.6 Å². The highest BCUT2D eigenvalue weighted by Gasteiger charge is 2.25. The number of hydrogen-bond donors (Lipinski definition) is 0. The number of unbranched alkanes of at least 4 members (excludes halogenated alkanes) is 1. The van der Waals surface area contributed by atoms with Crippen LogP contribution in [0.1, 0.15) is 19.8 Å². The molecule has 1 rings (SSSR count). The molecule has 20 heavy (non-hydrogen) atoms. The summed E-state index contributed by atoms with van der Waals surface area (Å²) in [4.78, 5) is 25.9. The molecule has 1 aliphatic rings. The number of nitrogens with zero attached hydrogens (tertiary/aromatic N) is 3. The highest BCUT2D eigenvalue weighted by atomic mass is 32.2. The van der Waals surface area contributed by atoms with E-state index in [1.807, 2.05) is 6.92 Å². The minimum atomic E-state index is -3.37. The van der Waals surface area contributed by atoms with Crippen LogP contribution >= 0.6 is 0 Å². The summed E-state index contributed by atoms with van der Waals surface area (Å²) in [5, 5.41) is 0. The van der Waals surface area contributed by atoms with E-state index >= 15 is 0 Å². The Kier molecular flexibility index (Phi) is 6.41. The zero-order valence-corrected chi connectivity index (χ0v) is 12.9. The summed E-state index contributed by atoms with van der Waals surface area (Å²) in [5.41, 5.74) is 0. The van der Waals surface area contributed by atoms with Crippen LogP contribution < -0.4 is 0 Å². The number of rotatable bonds is 7. The highest BCUT2D eigenvalue weighted by Crippen LogP contribution is 2.05. The number of hydrogen-bond acceptors (Lipinski definition) is 4. The third-order valence-electron chi connectivity index (χ3n) is 3.36. The van der Waals surface area contributed by atoms with Crippen molar-refractivity contribution < 1.29 is 18.0 Å². The molecule has 7 nitrogen and oxygen atoms in total. The number of sulfonamides is 1. The van der Waals surface area contributed by atoms with E-state index in [1.54, 1.807) is 9.80 Å². The zero-order chi connectivity index (χ0) is 15.2. The van der Waals surface area contributed by atoms with E-state index < -0.39 is 10.0 Å². The Morgan fingerprint density at radius 1 is 1.25 bits per heavy atom. The third-order valence-corrected chi connectivity index (χ3v) is 4.61. The fourth-order valence-electron chi connectivity index (χ4n) is 2.02. The van der Waals surface area contributed by atoms with Crippen LogP contribution in [0.15, 0.2) is 0 Å². The second kappa shape index (κ2) is 7.58. The quantitative estimate of drug-likeness (QED) is 0.586. The molecule has 1 fully saturated rings. The van der Waals surface area contributed by atoms with Crippen LogP contribution in [0.25, 0.3) is 0 Å². The van der Waals surface area contributed by atoms with Gasteiger partial charge in [0.25, 0.3) is 0 Å². The summed E-state index contributed by atoms with van der Waals surface area (Å²) in [5.74, 6) is -0.197. The van der Waals surface area contributed by atoms with Gasteiger partial charge >= 0.3 is 0 Å². The number of piperazine rings is 1. The fraction of sp³-hybridized carbons (Fsp3) is 0.833. The first kappa shape index (κ1) is 16.9. The molecule has 0 atom stereocenters. The van der Waals surface area contributed by atoms with Crippen LogP contribution in [-0.4, -0.2) is 80.4 Å². The SMILES string of the molecule is CCCCN(CC(=O)N1CCN(C=O)CC1)S(C)(=O)=O. The van der Waals surface area contributed by atoms with Crippen molar-refractivity contribution in [1.29, 1.82) is 0 Å². The van der Waals surface area contributed by atoms with E-state index in [-0.39, 0.29) is 12.5 Å². The molecule has 0 aliphatic carbocycles. The maximum Gasteiger partial charge on any atom is 0.238 e. The van der Waals surface area contributed by atoms with Crippen molar-refractivity contribution in [3.8, 4) is 0 Å². The molecule has 0 aromatic carbocycles. The predicted molar refractivity (Wildman–Crippen MR) is 75.5 cm³/mol. The fourth-order valence-corrected chi connectivity index (χ4v) is 2.83. The highest BCUT2D eigenvalue weighted by molar-refractivity contribution is 7.88. The Bertz CT molecular complexity index is 430. The number of carbonyl (C=O) groups is 2. The Labute approximate surface area is 120 Å². The molecule has 116 valence electrons. The van der Waals surface area contributed by atoms with Gasteiger partial charge in [-0.3, -0.25) is 9.59 Å². The smallest absolute Gasteiger partial charge is 0.238 e. The normalized spacial score (nSPS) is 16.6. The molecule has 0 bridgehead atoms. The summed E-state index contributed by atoms with van der Waals surface area (Å²) in [6.07, 6.45) is 3.50. The van der Waals surface area contributed by atoms with Gasteiger partial charge < -0.3 is 9.80 Å². The lowest BCUT2D eigenvalue weighted by Crippen LogP contribution is -2.51. The molecular formula is C12H23N3O4S. The van der Waals surface area contributed by atoms with E-state index in [4.69, 9.17) is 0 Å². The summed E-state index contributed by atoms with van der Waals surface area (Å²) in [6.45, 7) is 4.16. The average Bonchev–Trinajstić information content (AvgIpc) is 2.42. The van der Waals surface area contributed by atoms with Crippen LogP contribution in [0.5, 0.6) is 0 Å². The zero-order valence-electron chi connectivity index (χ0n) is 12.1. The van der Waals surface area contributed by atoms with Gasteiger partial charge in [-0.1, -0.05) is 13.3 Å². The van der Waals surface area contributed by atoms with Gasteiger partial charge in [0.1, 0.15) is 0 Å². The lowest BCUT2D eigenvalue weighted by Gasteiger charge is -2.33. The first-order valence-electron chi connectivity index (χ1n) is 6.80. The van der Waals surface area contributed by atoms with Crippen molar-refractivity contribution in [2.75, 3.05) is 45.5 Å². The van der Waals surface area contributed by atoms with Crippen molar-refractivity contribution in [1.82, 2.24) is 14.1 Å². The van der Waals surface area contributed by atoms with Gasteiger partial charge in [-0.2, -0.15) is 4.31 Å². The minimum Gasteiger partial charge on any atom is -0.342 e. The maximum atomic E-state index is 12.1. The topological polar surface area (TPSA) is 78.0 Å². The molecule has 0 spiro atoms. The van der Waals surface area contributed by atoms with Crippen LogP contribution in [0, 0.1) is 0 Å². The van der Waals surface area contributed by atoms with Gasteiger partial charge in [0.05, 0.1) is 12.8 Å². The molecule has 1 heterocycles. The first-order valence-corrected chi connectivity index (χ1v) is 8.65. The van der Waals surface area contributed by atoms with E-state index in [0.717, 1.165) is 25.5 Å². The monoisotopic (exact) mass is 305 g/mol. The van der Waals surface area contributed by atoms with Crippen molar-refractivity contribution in [2.24, 2.45) is 0 Å². The molecule has 0 radical (unpaired) electrons. The van der Waals surface area contributed by atoms with Gasteiger partial charge in [-0.15, -0.1) is 0 Å².